The lowest BCUT2D eigenvalue weighted by Gasteiger charge is -1.91. The Bertz CT molecular complexity index is 868. The van der Waals surface area contributed by atoms with E-state index in [9.17, 15) is 15.4 Å². The third kappa shape index (κ3) is 2.52. The number of H-pyrrole nitrogens is 1. The minimum Gasteiger partial charge on any atom is -0.337 e. The van der Waals surface area contributed by atoms with Gasteiger partial charge in [0, 0.05) is 11.4 Å². The molecule has 2 aromatic heterocycles. The van der Waals surface area contributed by atoms with Crippen LogP contribution < -0.4 is 0 Å². The molecular formula is C14H8N4O2S. The van der Waals surface area contributed by atoms with E-state index in [1.54, 1.807) is 11.5 Å². The minimum absolute atomic E-state index is 0.0446. The topological polar surface area (TPSA) is 95.6 Å². The number of nitrogens with zero attached hydrogens (tertiary/aromatic N) is 3. The van der Waals surface area contributed by atoms with Crippen LogP contribution in [-0.4, -0.2) is 14.9 Å². The number of thiophene rings is 1. The molecule has 3 rings (SSSR count). The Balaban J connectivity index is 2.02. The van der Waals surface area contributed by atoms with Gasteiger partial charge in [0.25, 0.3) is 0 Å². The second kappa shape index (κ2) is 5.19. The third-order valence-corrected chi connectivity index (χ3v) is 3.76. The van der Waals surface area contributed by atoms with Gasteiger partial charge >= 0.3 is 5.00 Å². The summed E-state index contributed by atoms with van der Waals surface area (Å²) >= 11 is 1.03. The zero-order valence-corrected chi connectivity index (χ0v) is 11.4. The fraction of sp³-hybridized carbons (Fsp3) is 0. The molecule has 0 bridgehead atoms. The maximum Gasteiger partial charge on any atom is 0.324 e. The van der Waals surface area contributed by atoms with Gasteiger partial charge in [-0.15, -0.1) is 0 Å². The van der Waals surface area contributed by atoms with Crippen LogP contribution in [0.25, 0.3) is 22.7 Å². The van der Waals surface area contributed by atoms with E-state index in [-0.39, 0.29) is 5.00 Å². The van der Waals surface area contributed by atoms with Crippen LogP contribution in [0.15, 0.2) is 35.7 Å². The van der Waals surface area contributed by atoms with Gasteiger partial charge in [0.1, 0.15) is 11.9 Å². The number of nitro groups is 1. The molecule has 3 aromatic rings. The van der Waals surface area contributed by atoms with Crippen LogP contribution in [0.2, 0.25) is 0 Å². The highest BCUT2D eigenvalue weighted by Crippen LogP contribution is 2.26. The summed E-state index contributed by atoms with van der Waals surface area (Å²) in [7, 11) is 0. The standard InChI is InChI=1S/C14H8N4O2S/c15-7-10(5-9-6-13(18(19)20)21-8-9)14-16-11-3-1-2-4-12(11)17-14/h1-6,8H,(H,16,17)/b10-5-. The molecule has 0 radical (unpaired) electrons. The van der Waals surface area contributed by atoms with Crippen molar-refractivity contribution in [1.29, 1.82) is 5.26 Å². The van der Waals surface area contributed by atoms with Crippen LogP contribution in [0.1, 0.15) is 11.4 Å². The van der Waals surface area contributed by atoms with Gasteiger partial charge in [-0.05, 0) is 23.8 Å². The average molecular weight is 296 g/mol. The second-order valence-corrected chi connectivity index (χ2v) is 5.14. The van der Waals surface area contributed by atoms with Crippen molar-refractivity contribution < 1.29 is 4.92 Å². The minimum atomic E-state index is -0.449. The molecule has 1 N–H and O–H groups in total. The average Bonchev–Trinajstić information content (AvgIpc) is 3.11. The zero-order chi connectivity index (χ0) is 14.8. The molecule has 0 aliphatic rings. The molecule has 102 valence electrons. The number of aromatic nitrogens is 2. The van der Waals surface area contributed by atoms with Crippen molar-refractivity contribution in [1.82, 2.24) is 9.97 Å². The maximum atomic E-state index is 10.7. The number of hydrogen-bond acceptors (Lipinski definition) is 5. The van der Waals surface area contributed by atoms with E-state index in [2.05, 4.69) is 16.0 Å². The molecule has 0 spiro atoms. The van der Waals surface area contributed by atoms with Crippen LogP contribution in [0.3, 0.4) is 0 Å². The normalized spacial score (nSPS) is 11.5. The van der Waals surface area contributed by atoms with E-state index in [4.69, 9.17) is 0 Å². The summed E-state index contributed by atoms with van der Waals surface area (Å²) in [5, 5.41) is 21.6. The first-order chi connectivity index (χ1) is 10.2. The second-order valence-electron chi connectivity index (χ2n) is 4.25. The molecule has 0 unspecified atom stereocenters. The summed E-state index contributed by atoms with van der Waals surface area (Å²) in [6.07, 6.45) is 1.58. The monoisotopic (exact) mass is 296 g/mol. The van der Waals surface area contributed by atoms with Crippen molar-refractivity contribution >= 4 is 39.0 Å². The molecule has 0 saturated heterocycles. The number of fused-ring (bicyclic) bond motifs is 1. The van der Waals surface area contributed by atoms with Crippen molar-refractivity contribution in [3.05, 3.63) is 57.2 Å². The van der Waals surface area contributed by atoms with Crippen molar-refractivity contribution in [2.75, 3.05) is 0 Å². The Kier molecular flexibility index (Phi) is 3.22. The third-order valence-electron chi connectivity index (χ3n) is 2.86. The smallest absolute Gasteiger partial charge is 0.324 e. The number of rotatable bonds is 3. The molecule has 0 fully saturated rings. The van der Waals surface area contributed by atoms with Gasteiger partial charge in [0.05, 0.1) is 21.5 Å². The lowest BCUT2D eigenvalue weighted by molar-refractivity contribution is -0.380. The highest BCUT2D eigenvalue weighted by molar-refractivity contribution is 7.13. The summed E-state index contributed by atoms with van der Waals surface area (Å²) in [6, 6.07) is 11.0. The molecule has 6 nitrogen and oxygen atoms in total. The zero-order valence-electron chi connectivity index (χ0n) is 10.6. The molecule has 0 aliphatic heterocycles. The van der Waals surface area contributed by atoms with Crippen molar-refractivity contribution in [2.24, 2.45) is 0 Å². The van der Waals surface area contributed by atoms with Crippen molar-refractivity contribution in [3.63, 3.8) is 0 Å². The van der Waals surface area contributed by atoms with Crippen molar-refractivity contribution in [2.45, 2.75) is 0 Å². The summed E-state index contributed by atoms with van der Waals surface area (Å²) in [4.78, 5) is 17.6. The van der Waals surface area contributed by atoms with Gasteiger partial charge in [0.15, 0.2) is 0 Å². The number of nitrogens with one attached hydrogen (secondary N) is 1. The first-order valence-electron chi connectivity index (χ1n) is 5.97. The molecule has 21 heavy (non-hydrogen) atoms. The Labute approximate surface area is 123 Å². The first kappa shape index (κ1) is 13.0. The lowest BCUT2D eigenvalue weighted by Crippen LogP contribution is -1.84. The Morgan fingerprint density at radius 1 is 1.48 bits per heavy atom. The number of imidazole rings is 1. The molecule has 0 amide bonds. The van der Waals surface area contributed by atoms with E-state index in [0.717, 1.165) is 22.4 Å². The van der Waals surface area contributed by atoms with E-state index >= 15 is 0 Å². The van der Waals surface area contributed by atoms with E-state index in [1.165, 1.54) is 6.07 Å². The van der Waals surface area contributed by atoms with Crippen LogP contribution in [0.4, 0.5) is 5.00 Å². The highest BCUT2D eigenvalue weighted by Gasteiger charge is 2.11. The summed E-state index contributed by atoms with van der Waals surface area (Å²) in [5.74, 6) is 0.451. The van der Waals surface area contributed by atoms with Crippen molar-refractivity contribution in [3.8, 4) is 6.07 Å². The van der Waals surface area contributed by atoms with Crippen LogP contribution in [0, 0.1) is 21.4 Å². The van der Waals surface area contributed by atoms with Gasteiger partial charge in [-0.1, -0.05) is 23.5 Å². The van der Waals surface area contributed by atoms with Crippen LogP contribution in [0.5, 0.6) is 0 Å². The van der Waals surface area contributed by atoms with Gasteiger partial charge in [0.2, 0.25) is 0 Å². The van der Waals surface area contributed by atoms with Gasteiger partial charge in [-0.3, -0.25) is 10.1 Å². The van der Waals surface area contributed by atoms with Crippen LogP contribution in [-0.2, 0) is 0 Å². The molecule has 0 saturated carbocycles. The Morgan fingerprint density at radius 3 is 2.95 bits per heavy atom. The van der Waals surface area contributed by atoms with Gasteiger partial charge in [-0.25, -0.2) is 4.98 Å². The summed E-state index contributed by atoms with van der Waals surface area (Å²) in [5.41, 5.74) is 2.55. The van der Waals surface area contributed by atoms with E-state index in [0.29, 0.717) is 17.0 Å². The number of hydrogen-bond donors (Lipinski definition) is 1. The fourth-order valence-corrected chi connectivity index (χ4v) is 2.59. The lowest BCUT2D eigenvalue weighted by atomic mass is 10.2. The predicted molar refractivity (Wildman–Crippen MR) is 80.6 cm³/mol. The van der Waals surface area contributed by atoms with Crippen LogP contribution >= 0.6 is 11.3 Å². The quantitative estimate of drug-likeness (QED) is 0.453. The SMILES string of the molecule is N#C/C(=C/c1csc([N+](=O)[O-])c1)c1nc2ccccc2[nH]1. The first-order valence-corrected chi connectivity index (χ1v) is 6.85. The highest BCUT2D eigenvalue weighted by atomic mass is 32.1. The Hall–Kier alpha value is -2.98. The largest absolute Gasteiger partial charge is 0.337 e. The number of nitriles is 1. The van der Waals surface area contributed by atoms with E-state index < -0.39 is 4.92 Å². The van der Waals surface area contributed by atoms with E-state index in [1.807, 2.05) is 24.3 Å². The number of para-hydroxylation sites is 2. The summed E-state index contributed by atoms with van der Waals surface area (Å²) in [6.45, 7) is 0. The molecule has 2 heterocycles. The number of aromatic amines is 1. The summed E-state index contributed by atoms with van der Waals surface area (Å²) < 4.78 is 0. The molecule has 1 aromatic carbocycles. The van der Waals surface area contributed by atoms with Gasteiger partial charge < -0.3 is 4.98 Å². The maximum absolute atomic E-state index is 10.7. The molecule has 0 atom stereocenters. The predicted octanol–water partition coefficient (Wildman–Crippen LogP) is 3.60. The molecule has 0 aliphatic carbocycles. The Morgan fingerprint density at radius 2 is 2.29 bits per heavy atom. The number of allylic oxidation sites excluding steroid dienone is 1. The number of benzene rings is 1. The fourth-order valence-electron chi connectivity index (χ4n) is 1.91. The van der Waals surface area contributed by atoms with Gasteiger partial charge in [-0.2, -0.15) is 5.26 Å². The molecule has 7 heteroatoms. The molecular weight excluding hydrogens is 288 g/mol.